The first-order valence-electron chi connectivity index (χ1n) is 5.77. The van der Waals surface area contributed by atoms with E-state index in [1.54, 1.807) is 0 Å². The Balaban J connectivity index is 2.63. The van der Waals surface area contributed by atoms with Crippen molar-refractivity contribution in [2.45, 2.75) is 39.8 Å². The molecule has 0 amide bonds. The molecule has 0 bridgehead atoms. The standard InChI is InChI=1S/C13H18N2O/c1-4-15-12-6-5-10(9(2)3)7-11(12)14-13(15)8-16/h5-7,9,16H,4,8H2,1-3H3. The highest BCUT2D eigenvalue weighted by atomic mass is 16.3. The summed E-state index contributed by atoms with van der Waals surface area (Å²) in [7, 11) is 0. The van der Waals surface area contributed by atoms with Gasteiger partial charge in [0, 0.05) is 6.54 Å². The Morgan fingerprint density at radius 2 is 2.12 bits per heavy atom. The highest BCUT2D eigenvalue weighted by molar-refractivity contribution is 5.77. The quantitative estimate of drug-likeness (QED) is 0.860. The van der Waals surface area contributed by atoms with Gasteiger partial charge in [0.05, 0.1) is 11.0 Å². The van der Waals surface area contributed by atoms with Gasteiger partial charge in [-0.25, -0.2) is 4.98 Å². The van der Waals surface area contributed by atoms with Crippen LogP contribution in [-0.2, 0) is 13.2 Å². The molecular formula is C13H18N2O. The second-order valence-corrected chi connectivity index (χ2v) is 4.33. The lowest BCUT2D eigenvalue weighted by Crippen LogP contribution is -2.00. The molecule has 0 atom stereocenters. The molecule has 0 spiro atoms. The summed E-state index contributed by atoms with van der Waals surface area (Å²) in [6.07, 6.45) is 0. The molecule has 0 fully saturated rings. The molecule has 1 N–H and O–H groups in total. The van der Waals surface area contributed by atoms with Gasteiger partial charge in [0.15, 0.2) is 0 Å². The van der Waals surface area contributed by atoms with E-state index in [1.165, 1.54) is 5.56 Å². The monoisotopic (exact) mass is 218 g/mol. The zero-order valence-electron chi connectivity index (χ0n) is 10.1. The predicted molar refractivity (Wildman–Crippen MR) is 65.4 cm³/mol. The third-order valence-electron chi connectivity index (χ3n) is 2.98. The lowest BCUT2D eigenvalue weighted by atomic mass is 10.0. The van der Waals surface area contributed by atoms with E-state index >= 15 is 0 Å². The number of benzene rings is 1. The Bertz CT molecular complexity index is 500. The van der Waals surface area contributed by atoms with Crippen molar-refractivity contribution < 1.29 is 5.11 Å². The van der Waals surface area contributed by atoms with Crippen molar-refractivity contribution in [1.82, 2.24) is 9.55 Å². The number of aliphatic hydroxyl groups excluding tert-OH is 1. The van der Waals surface area contributed by atoms with Gasteiger partial charge in [-0.3, -0.25) is 0 Å². The van der Waals surface area contributed by atoms with E-state index in [2.05, 4.69) is 48.5 Å². The van der Waals surface area contributed by atoms with E-state index in [9.17, 15) is 5.11 Å². The highest BCUT2D eigenvalue weighted by Crippen LogP contribution is 2.22. The van der Waals surface area contributed by atoms with E-state index in [4.69, 9.17) is 0 Å². The molecule has 0 saturated carbocycles. The van der Waals surface area contributed by atoms with Gasteiger partial charge in [-0.2, -0.15) is 0 Å². The molecule has 3 nitrogen and oxygen atoms in total. The van der Waals surface area contributed by atoms with Crippen molar-refractivity contribution in [3.8, 4) is 0 Å². The summed E-state index contributed by atoms with van der Waals surface area (Å²) in [6, 6.07) is 6.35. The number of hydrogen-bond donors (Lipinski definition) is 1. The van der Waals surface area contributed by atoms with Crippen molar-refractivity contribution in [3.05, 3.63) is 29.6 Å². The maximum atomic E-state index is 9.25. The lowest BCUT2D eigenvalue weighted by Gasteiger charge is -2.06. The number of nitrogens with zero attached hydrogens (tertiary/aromatic N) is 2. The van der Waals surface area contributed by atoms with Crippen molar-refractivity contribution in [2.75, 3.05) is 0 Å². The van der Waals surface area contributed by atoms with E-state index in [1.807, 2.05) is 0 Å². The van der Waals surface area contributed by atoms with Crippen LogP contribution in [-0.4, -0.2) is 14.7 Å². The van der Waals surface area contributed by atoms with Crippen LogP contribution in [0.1, 0.15) is 38.1 Å². The number of aromatic nitrogens is 2. The molecule has 0 radical (unpaired) electrons. The first kappa shape index (κ1) is 11.1. The van der Waals surface area contributed by atoms with Crippen LogP contribution in [0.5, 0.6) is 0 Å². The van der Waals surface area contributed by atoms with Crippen molar-refractivity contribution in [3.63, 3.8) is 0 Å². The molecule has 0 aliphatic heterocycles. The number of aryl methyl sites for hydroxylation is 1. The maximum absolute atomic E-state index is 9.25. The second-order valence-electron chi connectivity index (χ2n) is 4.33. The van der Waals surface area contributed by atoms with Crippen LogP contribution in [0.15, 0.2) is 18.2 Å². The summed E-state index contributed by atoms with van der Waals surface area (Å²) in [6.45, 7) is 7.25. The Morgan fingerprint density at radius 3 is 2.69 bits per heavy atom. The first-order valence-corrected chi connectivity index (χ1v) is 5.77. The number of fused-ring (bicyclic) bond motifs is 1. The van der Waals surface area contributed by atoms with Gasteiger partial charge in [0.2, 0.25) is 0 Å². The van der Waals surface area contributed by atoms with Crippen LogP contribution in [0.3, 0.4) is 0 Å². The van der Waals surface area contributed by atoms with Gasteiger partial charge in [-0.15, -0.1) is 0 Å². The Labute approximate surface area is 95.7 Å². The third kappa shape index (κ3) is 1.71. The van der Waals surface area contributed by atoms with Crippen LogP contribution in [0, 0.1) is 0 Å². The van der Waals surface area contributed by atoms with Crippen LogP contribution in [0.4, 0.5) is 0 Å². The van der Waals surface area contributed by atoms with E-state index in [0.717, 1.165) is 23.4 Å². The van der Waals surface area contributed by atoms with Gasteiger partial charge in [0.1, 0.15) is 12.4 Å². The topological polar surface area (TPSA) is 38.0 Å². The van der Waals surface area contributed by atoms with Crippen LogP contribution >= 0.6 is 0 Å². The normalized spacial score (nSPS) is 11.6. The van der Waals surface area contributed by atoms with Crippen LogP contribution in [0.2, 0.25) is 0 Å². The van der Waals surface area contributed by atoms with E-state index < -0.39 is 0 Å². The highest BCUT2D eigenvalue weighted by Gasteiger charge is 2.09. The number of aliphatic hydroxyl groups is 1. The van der Waals surface area contributed by atoms with Crippen molar-refractivity contribution in [2.24, 2.45) is 0 Å². The Morgan fingerprint density at radius 1 is 1.38 bits per heavy atom. The summed E-state index contributed by atoms with van der Waals surface area (Å²) < 4.78 is 2.05. The fourth-order valence-corrected chi connectivity index (χ4v) is 2.03. The average Bonchev–Trinajstić information content (AvgIpc) is 2.65. The van der Waals surface area contributed by atoms with Crippen LogP contribution in [0.25, 0.3) is 11.0 Å². The van der Waals surface area contributed by atoms with E-state index in [-0.39, 0.29) is 6.61 Å². The minimum Gasteiger partial charge on any atom is -0.388 e. The Kier molecular flexibility index (Phi) is 2.97. The molecule has 0 saturated heterocycles. The number of imidazole rings is 1. The second kappa shape index (κ2) is 4.26. The average molecular weight is 218 g/mol. The number of hydrogen-bond acceptors (Lipinski definition) is 2. The van der Waals surface area contributed by atoms with Gasteiger partial charge < -0.3 is 9.67 Å². The molecule has 1 aromatic heterocycles. The summed E-state index contributed by atoms with van der Waals surface area (Å²) in [5, 5.41) is 9.25. The molecule has 0 aliphatic carbocycles. The van der Waals surface area contributed by atoms with Crippen molar-refractivity contribution in [1.29, 1.82) is 0 Å². The molecule has 3 heteroatoms. The summed E-state index contributed by atoms with van der Waals surface area (Å²) in [4.78, 5) is 4.46. The lowest BCUT2D eigenvalue weighted by molar-refractivity contribution is 0.266. The zero-order chi connectivity index (χ0) is 11.7. The van der Waals surface area contributed by atoms with Gasteiger partial charge >= 0.3 is 0 Å². The van der Waals surface area contributed by atoms with Gasteiger partial charge in [-0.1, -0.05) is 19.9 Å². The van der Waals surface area contributed by atoms with Crippen molar-refractivity contribution >= 4 is 11.0 Å². The molecule has 2 aromatic rings. The minimum atomic E-state index is -0.000464. The largest absolute Gasteiger partial charge is 0.388 e. The molecule has 1 aromatic carbocycles. The molecule has 2 rings (SSSR count). The molecule has 0 aliphatic rings. The molecule has 86 valence electrons. The smallest absolute Gasteiger partial charge is 0.135 e. The fraction of sp³-hybridized carbons (Fsp3) is 0.462. The summed E-state index contributed by atoms with van der Waals surface area (Å²) >= 11 is 0. The molecule has 1 heterocycles. The maximum Gasteiger partial charge on any atom is 0.135 e. The summed E-state index contributed by atoms with van der Waals surface area (Å²) in [5.74, 6) is 1.26. The van der Waals surface area contributed by atoms with E-state index in [0.29, 0.717) is 5.92 Å². The zero-order valence-corrected chi connectivity index (χ0v) is 10.1. The van der Waals surface area contributed by atoms with Crippen LogP contribution < -0.4 is 0 Å². The minimum absolute atomic E-state index is 0.000464. The third-order valence-corrected chi connectivity index (χ3v) is 2.98. The first-order chi connectivity index (χ1) is 7.67. The number of rotatable bonds is 3. The molecule has 16 heavy (non-hydrogen) atoms. The molecular weight excluding hydrogens is 200 g/mol. The predicted octanol–water partition coefficient (Wildman–Crippen LogP) is 2.67. The van der Waals surface area contributed by atoms with Gasteiger partial charge in [-0.05, 0) is 30.5 Å². The van der Waals surface area contributed by atoms with Gasteiger partial charge in [0.25, 0.3) is 0 Å². The fourth-order valence-electron chi connectivity index (χ4n) is 2.03. The Hall–Kier alpha value is -1.35. The summed E-state index contributed by atoms with van der Waals surface area (Å²) in [5.41, 5.74) is 3.38. The molecule has 0 unspecified atom stereocenters. The SMILES string of the molecule is CCn1c(CO)nc2cc(C(C)C)ccc21.